The van der Waals surface area contributed by atoms with Crippen molar-refractivity contribution in [1.29, 1.82) is 0 Å². The largest absolute Gasteiger partial charge is 0.507 e. The van der Waals surface area contributed by atoms with Gasteiger partial charge in [0, 0.05) is 23.8 Å². The second-order valence-corrected chi connectivity index (χ2v) is 10.4. The van der Waals surface area contributed by atoms with E-state index in [0.717, 1.165) is 29.1 Å². The fourth-order valence-corrected chi connectivity index (χ4v) is 6.78. The number of phenols is 1. The first-order valence-corrected chi connectivity index (χ1v) is 12.4. The molecular weight excluding hydrogens is 444 g/mol. The third-order valence-corrected chi connectivity index (χ3v) is 8.02. The predicted molar refractivity (Wildman–Crippen MR) is 130 cm³/mol. The Kier molecular flexibility index (Phi) is 6.48. The molecule has 6 rings (SSSR count). The van der Waals surface area contributed by atoms with Crippen LogP contribution in [0.15, 0.2) is 36.4 Å². The Labute approximate surface area is 206 Å². The van der Waals surface area contributed by atoms with Crippen LogP contribution in [0.5, 0.6) is 11.5 Å². The van der Waals surface area contributed by atoms with Crippen molar-refractivity contribution in [3.8, 4) is 23.3 Å². The van der Waals surface area contributed by atoms with Gasteiger partial charge in [0.15, 0.2) is 13.1 Å². The number of methoxy groups -OCH3 is 1. The topological polar surface area (TPSA) is 85.2 Å². The smallest absolute Gasteiger partial charge is 0.339 e. The monoisotopic (exact) mass is 476 g/mol. The van der Waals surface area contributed by atoms with Gasteiger partial charge in [-0.05, 0) is 105 Å². The van der Waals surface area contributed by atoms with Crippen LogP contribution in [-0.4, -0.2) is 36.4 Å². The molecular formula is C29H32O6. The standard InChI is InChI=1S/C29H32O6/c1-18(33-2)34-17-35-27-8-6-19(3-4-20-5-7-24(28(31)32)26(30)13-20)12-25(27)29-14-21-9-22(15-29)11-23(10-21)16-29/h5-8,12-13,18,21-23,30H,9-11,14-17H2,1-2H3,(H,31,32). The second kappa shape index (κ2) is 9.56. The maximum atomic E-state index is 11.2. The zero-order chi connectivity index (χ0) is 24.6. The van der Waals surface area contributed by atoms with E-state index in [1.165, 1.54) is 56.2 Å². The van der Waals surface area contributed by atoms with Crippen molar-refractivity contribution >= 4 is 5.97 Å². The van der Waals surface area contributed by atoms with E-state index >= 15 is 0 Å². The lowest BCUT2D eigenvalue weighted by atomic mass is 9.48. The van der Waals surface area contributed by atoms with Gasteiger partial charge in [0.1, 0.15) is 17.1 Å². The van der Waals surface area contributed by atoms with E-state index < -0.39 is 5.97 Å². The molecule has 6 heteroatoms. The highest BCUT2D eigenvalue weighted by Gasteiger charge is 2.52. The number of rotatable bonds is 7. The second-order valence-electron chi connectivity index (χ2n) is 10.4. The van der Waals surface area contributed by atoms with Crippen molar-refractivity contribution < 1.29 is 29.2 Å². The van der Waals surface area contributed by atoms with Crippen LogP contribution in [0.4, 0.5) is 0 Å². The van der Waals surface area contributed by atoms with E-state index in [9.17, 15) is 9.90 Å². The minimum absolute atomic E-state index is 0.120. The zero-order valence-corrected chi connectivity index (χ0v) is 20.3. The third-order valence-electron chi connectivity index (χ3n) is 8.02. The number of aromatic carboxylic acids is 1. The van der Waals surface area contributed by atoms with Crippen molar-refractivity contribution in [3.63, 3.8) is 0 Å². The molecule has 0 aromatic heterocycles. The van der Waals surface area contributed by atoms with E-state index in [2.05, 4.69) is 17.9 Å². The number of hydrogen-bond acceptors (Lipinski definition) is 5. The molecule has 2 aromatic rings. The van der Waals surface area contributed by atoms with E-state index in [1.807, 2.05) is 19.1 Å². The van der Waals surface area contributed by atoms with E-state index in [4.69, 9.17) is 19.3 Å². The molecule has 4 aliphatic carbocycles. The van der Waals surface area contributed by atoms with Gasteiger partial charge < -0.3 is 24.4 Å². The summed E-state index contributed by atoms with van der Waals surface area (Å²) in [5, 5.41) is 19.1. The molecule has 6 nitrogen and oxygen atoms in total. The molecule has 0 aliphatic heterocycles. The van der Waals surface area contributed by atoms with E-state index in [-0.39, 0.29) is 29.8 Å². The lowest BCUT2D eigenvalue weighted by Gasteiger charge is -2.57. The number of benzene rings is 2. The summed E-state index contributed by atoms with van der Waals surface area (Å²) in [5.74, 6) is 8.06. The molecule has 4 aliphatic rings. The molecule has 1 atom stereocenters. The molecule has 0 saturated heterocycles. The van der Waals surface area contributed by atoms with Crippen LogP contribution in [0, 0.1) is 29.6 Å². The summed E-state index contributed by atoms with van der Waals surface area (Å²) in [6.45, 7) is 1.96. The molecule has 2 N–H and O–H groups in total. The summed E-state index contributed by atoms with van der Waals surface area (Å²) >= 11 is 0. The Morgan fingerprint density at radius 1 is 1.03 bits per heavy atom. The van der Waals surface area contributed by atoms with Crippen LogP contribution in [0.25, 0.3) is 0 Å². The maximum absolute atomic E-state index is 11.2. The molecule has 35 heavy (non-hydrogen) atoms. The van der Waals surface area contributed by atoms with Crippen molar-refractivity contribution in [2.75, 3.05) is 13.9 Å². The van der Waals surface area contributed by atoms with Gasteiger partial charge in [-0.2, -0.15) is 0 Å². The van der Waals surface area contributed by atoms with Gasteiger partial charge in [-0.1, -0.05) is 11.8 Å². The van der Waals surface area contributed by atoms with Crippen molar-refractivity contribution in [3.05, 3.63) is 58.7 Å². The van der Waals surface area contributed by atoms with Crippen LogP contribution >= 0.6 is 0 Å². The lowest BCUT2D eigenvalue weighted by molar-refractivity contribution is -0.150. The summed E-state index contributed by atoms with van der Waals surface area (Å²) in [4.78, 5) is 11.2. The molecule has 4 bridgehead atoms. The Hall–Kier alpha value is -3.01. The Balaban J connectivity index is 1.46. The first-order chi connectivity index (χ1) is 16.8. The third kappa shape index (κ3) is 4.89. The van der Waals surface area contributed by atoms with E-state index in [0.29, 0.717) is 5.56 Å². The fourth-order valence-electron chi connectivity index (χ4n) is 6.78. The highest BCUT2D eigenvalue weighted by Crippen LogP contribution is 2.62. The molecule has 4 saturated carbocycles. The maximum Gasteiger partial charge on any atom is 0.339 e. The van der Waals surface area contributed by atoms with Crippen LogP contribution in [-0.2, 0) is 14.9 Å². The summed E-state index contributed by atoms with van der Waals surface area (Å²) in [5.41, 5.74) is 2.64. The van der Waals surface area contributed by atoms with Crippen molar-refractivity contribution in [2.45, 2.75) is 57.2 Å². The molecule has 1 unspecified atom stereocenters. The predicted octanol–water partition coefficient (Wildman–Crippen LogP) is 5.30. The molecule has 4 fully saturated rings. The number of aromatic hydroxyl groups is 1. The summed E-state index contributed by atoms with van der Waals surface area (Å²) in [6, 6.07) is 10.5. The number of carbonyl (C=O) groups is 1. The van der Waals surface area contributed by atoms with Crippen molar-refractivity contribution in [1.82, 2.24) is 0 Å². The number of hydrogen-bond donors (Lipinski definition) is 2. The van der Waals surface area contributed by atoms with Gasteiger partial charge in [-0.3, -0.25) is 0 Å². The zero-order valence-electron chi connectivity index (χ0n) is 20.3. The fraction of sp³-hybridized carbons (Fsp3) is 0.483. The molecule has 0 spiro atoms. The van der Waals surface area contributed by atoms with Crippen LogP contribution in [0.3, 0.4) is 0 Å². The number of carboxylic acids is 1. The average Bonchev–Trinajstić information content (AvgIpc) is 2.82. The van der Waals surface area contributed by atoms with Gasteiger partial charge >= 0.3 is 5.97 Å². The minimum atomic E-state index is -1.17. The average molecular weight is 477 g/mol. The highest BCUT2D eigenvalue weighted by molar-refractivity contribution is 5.90. The Morgan fingerprint density at radius 2 is 1.63 bits per heavy atom. The van der Waals surface area contributed by atoms with Gasteiger partial charge in [-0.15, -0.1) is 0 Å². The van der Waals surface area contributed by atoms with Gasteiger partial charge in [0.2, 0.25) is 0 Å². The minimum Gasteiger partial charge on any atom is -0.507 e. The highest BCUT2D eigenvalue weighted by atomic mass is 16.7. The summed E-state index contributed by atoms with van der Waals surface area (Å²) in [7, 11) is 1.61. The van der Waals surface area contributed by atoms with Crippen LogP contribution in [0.2, 0.25) is 0 Å². The SMILES string of the molecule is COC(C)OCOc1ccc(C#Cc2ccc(C(=O)O)c(O)c2)cc1C12CC3CC(CC(C3)C1)C2. The van der Waals surface area contributed by atoms with Gasteiger partial charge in [-0.25, -0.2) is 4.79 Å². The number of ether oxygens (including phenoxy) is 3. The molecule has 0 radical (unpaired) electrons. The van der Waals surface area contributed by atoms with Crippen LogP contribution in [0.1, 0.15) is 72.5 Å². The normalized spacial score (nSPS) is 27.2. The Morgan fingerprint density at radius 3 is 2.20 bits per heavy atom. The summed E-state index contributed by atoms with van der Waals surface area (Å²) < 4.78 is 16.9. The molecule has 0 amide bonds. The molecule has 2 aromatic carbocycles. The first-order valence-electron chi connectivity index (χ1n) is 12.4. The Bertz CT molecular complexity index is 1140. The first kappa shape index (κ1) is 23.7. The molecule has 0 heterocycles. The summed E-state index contributed by atoms with van der Waals surface area (Å²) in [6.07, 6.45) is 7.34. The van der Waals surface area contributed by atoms with Crippen molar-refractivity contribution in [2.24, 2.45) is 17.8 Å². The van der Waals surface area contributed by atoms with E-state index in [1.54, 1.807) is 13.2 Å². The number of carboxylic acid groups (broad SMARTS) is 1. The van der Waals surface area contributed by atoms with Crippen LogP contribution < -0.4 is 4.74 Å². The molecule has 184 valence electrons. The quantitative estimate of drug-likeness (QED) is 0.417. The van der Waals surface area contributed by atoms with Gasteiger partial charge in [0.05, 0.1) is 0 Å². The lowest BCUT2D eigenvalue weighted by Crippen LogP contribution is -2.48. The van der Waals surface area contributed by atoms with Gasteiger partial charge in [0.25, 0.3) is 0 Å².